The quantitative estimate of drug-likeness (QED) is 0.0339. The molecule has 632 valence electrons. The molecule has 4 saturated carbocycles. The number of carbonyl (C=O) groups excluding carboxylic acids is 5. The molecule has 4 fully saturated rings. The smallest absolute Gasteiger partial charge is 0.311 e. The SMILES string of the molecule is CCOC(=O)[C@@H]1C2CCC(C2)[C@@H]1NC(=O)c1nn(-c2ccc(F)cc2F)c2c1CCCCC2Cc1ccc(F)cc1.CCOC(=O)[C@@H]1C2CCC(C2)[C@@H]1NC(=O)c1nn(-c2ccc(F)cc2F)c2c1CCCCC2Cc1cccc(F)c1.O=C(N[C@@H]1c2ccccc2C[C@@H]1O)c1nn(-c2ccc(Cl)cc2Cl)c2c1CCCC[C@@H]2Cc1cccc(Cl)c1. The van der Waals surface area contributed by atoms with Gasteiger partial charge in [0, 0.05) is 75.1 Å². The first-order valence-electron chi connectivity index (χ1n) is 42.5. The Hall–Kier alpha value is -10.1. The molecule has 0 saturated heterocycles. The minimum Gasteiger partial charge on any atom is -0.466 e. The van der Waals surface area contributed by atoms with E-state index < -0.39 is 53.1 Å². The van der Waals surface area contributed by atoms with Gasteiger partial charge in [0.25, 0.3) is 17.7 Å². The molecule has 4 bridgehead atoms. The molecule has 8 aliphatic carbocycles. The highest BCUT2D eigenvalue weighted by Crippen LogP contribution is 2.52. The predicted octanol–water partition coefficient (Wildman–Crippen LogP) is 19.4. The van der Waals surface area contributed by atoms with E-state index in [4.69, 9.17) is 49.4 Å². The molecule has 4 N–H and O–H groups in total. The Bertz CT molecular complexity index is 5540. The van der Waals surface area contributed by atoms with Gasteiger partial charge in [0.1, 0.15) is 34.6 Å². The van der Waals surface area contributed by atoms with Crippen molar-refractivity contribution in [3.63, 3.8) is 0 Å². The van der Waals surface area contributed by atoms with Gasteiger partial charge in [-0.1, -0.05) is 115 Å². The second-order valence-corrected chi connectivity index (χ2v) is 34.9. The fourth-order valence-corrected chi connectivity index (χ4v) is 21.6. The van der Waals surface area contributed by atoms with E-state index in [-0.39, 0.29) is 125 Å². The Balaban J connectivity index is 0.000000135. The van der Waals surface area contributed by atoms with Crippen LogP contribution in [0.5, 0.6) is 0 Å². The molecular weight excluding hydrogens is 1620 g/mol. The molecular formula is C95H96Cl3F6N9O8. The molecule has 0 spiro atoms. The van der Waals surface area contributed by atoms with Gasteiger partial charge >= 0.3 is 11.9 Å². The summed E-state index contributed by atoms with van der Waals surface area (Å²) in [6.45, 7) is 4.11. The molecule has 10 aromatic rings. The molecule has 121 heavy (non-hydrogen) atoms. The van der Waals surface area contributed by atoms with Crippen molar-refractivity contribution in [3.8, 4) is 17.1 Å². The highest BCUT2D eigenvalue weighted by atomic mass is 35.5. The van der Waals surface area contributed by atoms with Crippen molar-refractivity contribution in [2.75, 3.05) is 13.2 Å². The van der Waals surface area contributed by atoms with E-state index in [1.807, 2.05) is 59.3 Å². The third kappa shape index (κ3) is 18.0. The lowest BCUT2D eigenvalue weighted by Crippen LogP contribution is -2.47. The lowest BCUT2D eigenvalue weighted by atomic mass is 9.84. The summed E-state index contributed by atoms with van der Waals surface area (Å²) in [6.07, 6.45) is 16.9. The first-order valence-corrected chi connectivity index (χ1v) is 43.7. The van der Waals surface area contributed by atoms with Crippen molar-refractivity contribution in [2.24, 2.45) is 35.5 Å². The van der Waals surface area contributed by atoms with Crippen LogP contribution in [0.2, 0.25) is 15.1 Å². The van der Waals surface area contributed by atoms with Crippen LogP contribution in [-0.4, -0.2) is 95.5 Å². The van der Waals surface area contributed by atoms with Gasteiger partial charge < -0.3 is 30.5 Å². The molecule has 3 aromatic heterocycles. The maximum atomic E-state index is 15.2. The van der Waals surface area contributed by atoms with E-state index in [0.29, 0.717) is 64.2 Å². The van der Waals surface area contributed by atoms with E-state index in [2.05, 4.69) is 32.2 Å². The second-order valence-electron chi connectivity index (χ2n) is 33.6. The zero-order valence-electron chi connectivity index (χ0n) is 67.3. The van der Waals surface area contributed by atoms with Crippen LogP contribution in [0.3, 0.4) is 0 Å². The number of aliphatic hydroxyl groups is 1. The number of amides is 3. The summed E-state index contributed by atoms with van der Waals surface area (Å²) in [5, 5.41) is 36.1. The van der Waals surface area contributed by atoms with Gasteiger partial charge in [-0.2, -0.15) is 15.3 Å². The number of aromatic nitrogens is 6. The second kappa shape index (κ2) is 36.9. The van der Waals surface area contributed by atoms with E-state index in [9.17, 15) is 46.6 Å². The van der Waals surface area contributed by atoms with Crippen molar-refractivity contribution in [3.05, 3.63) is 280 Å². The molecule has 8 aliphatic rings. The van der Waals surface area contributed by atoms with Gasteiger partial charge in [0.15, 0.2) is 28.7 Å². The molecule has 0 radical (unpaired) electrons. The number of nitrogens with one attached hydrogen (secondary N) is 3. The average molecular weight is 1710 g/mol. The molecule has 26 heteroatoms. The number of ether oxygens (including phenoxy) is 2. The van der Waals surface area contributed by atoms with Gasteiger partial charge in [0.2, 0.25) is 0 Å². The summed E-state index contributed by atoms with van der Waals surface area (Å²) in [6, 6.07) is 39.2. The monoisotopic (exact) mass is 1710 g/mol. The maximum absolute atomic E-state index is 15.2. The average Bonchev–Trinajstić information content (AvgIpc) is 1.61. The van der Waals surface area contributed by atoms with Crippen LogP contribution < -0.4 is 16.0 Å². The highest BCUT2D eigenvalue weighted by Gasteiger charge is 2.54. The van der Waals surface area contributed by atoms with Gasteiger partial charge in [-0.25, -0.2) is 40.4 Å². The topological polar surface area (TPSA) is 214 Å². The molecule has 17 nitrogen and oxygen atoms in total. The number of hydrogen-bond donors (Lipinski definition) is 4. The van der Waals surface area contributed by atoms with Crippen molar-refractivity contribution in [1.82, 2.24) is 45.3 Å². The van der Waals surface area contributed by atoms with Crippen LogP contribution in [-0.2, 0) is 64.0 Å². The van der Waals surface area contributed by atoms with E-state index in [1.54, 1.807) is 44.2 Å². The number of nitrogens with zero attached hydrogens (tertiary/aromatic N) is 6. The van der Waals surface area contributed by atoms with Crippen molar-refractivity contribution < 1.29 is 64.9 Å². The summed E-state index contributed by atoms with van der Waals surface area (Å²) in [4.78, 5) is 67.4. The number of carbonyl (C=O) groups is 5. The highest BCUT2D eigenvalue weighted by molar-refractivity contribution is 6.35. The number of halogens is 9. The lowest BCUT2D eigenvalue weighted by Gasteiger charge is -2.30. The van der Waals surface area contributed by atoms with Crippen LogP contribution in [0.4, 0.5) is 26.3 Å². The Labute approximate surface area is 713 Å². The minimum atomic E-state index is -0.786. The fourth-order valence-electron chi connectivity index (χ4n) is 20.9. The maximum Gasteiger partial charge on any atom is 0.311 e. The van der Waals surface area contributed by atoms with Gasteiger partial charge in [-0.3, -0.25) is 24.0 Å². The minimum absolute atomic E-state index is 0.0529. The fraction of sp³-hybridized carbons (Fsp3) is 0.411. The van der Waals surface area contributed by atoms with Gasteiger partial charge in [-0.15, -0.1) is 0 Å². The molecule has 13 atom stereocenters. The summed E-state index contributed by atoms with van der Waals surface area (Å²) in [5.41, 5.74) is 11.2. The van der Waals surface area contributed by atoms with E-state index in [0.717, 1.165) is 177 Å². The molecule has 3 amide bonds. The summed E-state index contributed by atoms with van der Waals surface area (Å²) >= 11 is 19.2. The molecule has 3 heterocycles. The van der Waals surface area contributed by atoms with Crippen molar-refractivity contribution >= 4 is 64.5 Å². The molecule has 7 aromatic carbocycles. The number of aliphatic hydroxyl groups excluding tert-OH is 1. The number of benzene rings is 7. The number of esters is 2. The van der Waals surface area contributed by atoms with Crippen LogP contribution in [0, 0.1) is 70.4 Å². The number of rotatable bonds is 19. The Morgan fingerprint density at radius 2 is 0.868 bits per heavy atom. The van der Waals surface area contributed by atoms with Crippen LogP contribution >= 0.6 is 34.8 Å². The Kier molecular flexibility index (Phi) is 25.8. The summed E-state index contributed by atoms with van der Waals surface area (Å²) < 4.78 is 101. The first kappa shape index (κ1) is 84.5. The largest absolute Gasteiger partial charge is 0.466 e. The third-order valence-electron chi connectivity index (χ3n) is 26.2. The predicted molar refractivity (Wildman–Crippen MR) is 448 cm³/mol. The molecule has 0 aliphatic heterocycles. The van der Waals surface area contributed by atoms with Crippen molar-refractivity contribution in [2.45, 2.75) is 197 Å². The summed E-state index contributed by atoms with van der Waals surface area (Å²) in [5.74, 6) is -5.48. The normalized spacial score (nSPS) is 23.5. The third-order valence-corrected chi connectivity index (χ3v) is 26.9. The van der Waals surface area contributed by atoms with Crippen LogP contribution in [0.1, 0.15) is 227 Å². The first-order chi connectivity index (χ1) is 58.6. The molecule has 6 unspecified atom stereocenters. The van der Waals surface area contributed by atoms with Crippen molar-refractivity contribution in [1.29, 1.82) is 0 Å². The Morgan fingerprint density at radius 3 is 1.35 bits per heavy atom. The Morgan fingerprint density at radius 1 is 0.438 bits per heavy atom. The van der Waals surface area contributed by atoms with Crippen LogP contribution in [0.15, 0.2) is 152 Å². The number of fused-ring (bicyclic) bond motifs is 8. The van der Waals surface area contributed by atoms with Crippen LogP contribution in [0.25, 0.3) is 17.1 Å². The zero-order valence-corrected chi connectivity index (χ0v) is 69.6. The lowest BCUT2D eigenvalue weighted by molar-refractivity contribution is -0.151. The van der Waals surface area contributed by atoms with E-state index in [1.165, 1.54) is 57.9 Å². The van der Waals surface area contributed by atoms with Gasteiger partial charge in [0.05, 0.1) is 65.0 Å². The van der Waals surface area contributed by atoms with Gasteiger partial charge in [-0.05, 0) is 260 Å². The standard InChI is InChI=1S/2C32H34F3N3O3.C31H28Cl3N3O2/c1-2-41-32(40)27-19-10-11-20(16-19)28(27)36-31(39)29-24-9-4-3-7-21(14-18-6-5-8-22(33)15-18)30(24)38(37-29)26-13-12-23(34)17-25(26)35;1-2-41-32(40)27-19-9-10-20(16-19)28(27)36-31(39)29-24-6-4-3-5-21(15-18-7-11-22(33)12-8-18)30(24)38(37-29)26-14-13-23(34)17-25(26)35;32-21-9-5-6-18(15-21)14-20-8-2-4-11-24-29(36-37(30(20)24)26-13-12-22(33)17-25(26)34)31(39)35-28-23-10-3-1-7-19(23)16-27(28)38/h5-6,8,12-13,15,17,19-21,27-28H,2-4,7,9-11,14,16H2,1H3,(H,36,39);7-8,11-14,17,19-21,27-28H,2-6,9-10,15-16H2,1H3,(H,36,39);1,3,5-7,9-10,12-13,15,17,20,27-28,38H,2,4,8,11,14,16H2,(H,35,39)/t2*19?,20?,21?,27-,28+;20-,27+,28-/m111/s1. The summed E-state index contributed by atoms with van der Waals surface area (Å²) in [7, 11) is 0. The number of hydrogen-bond acceptors (Lipinski definition) is 11. The zero-order chi connectivity index (χ0) is 84.4. The van der Waals surface area contributed by atoms with E-state index >= 15 is 8.78 Å². The molecule has 18 rings (SSSR count).